The summed E-state index contributed by atoms with van der Waals surface area (Å²) in [5, 5.41) is 8.29. The lowest BCUT2D eigenvalue weighted by molar-refractivity contribution is -0.139. The number of piperazine rings is 1. The summed E-state index contributed by atoms with van der Waals surface area (Å²) in [5.74, 6) is -2.77. The van der Waals surface area contributed by atoms with Gasteiger partial charge in [0.25, 0.3) is 0 Å². The first kappa shape index (κ1) is 30.3. The zero-order valence-corrected chi connectivity index (χ0v) is 25.7. The van der Waals surface area contributed by atoms with Gasteiger partial charge in [-0.3, -0.25) is 9.69 Å². The summed E-state index contributed by atoms with van der Waals surface area (Å²) in [6, 6.07) is 10.3. The summed E-state index contributed by atoms with van der Waals surface area (Å²) in [5.41, 5.74) is 1.06. The molecule has 0 N–H and O–H groups in total. The molecule has 3 aromatic rings. The van der Waals surface area contributed by atoms with Crippen LogP contribution in [0.2, 0.25) is 0 Å². The fourth-order valence-corrected chi connectivity index (χ4v) is 6.92. The summed E-state index contributed by atoms with van der Waals surface area (Å²) in [7, 11) is 1.06. The standard InChI is InChI=1S/C31H36BrF2N5O3/c1-19-15-37(30(40)28(21-8-5-4-6-9-21)22-10-7-11-23(32)12-22)16-20(2)38(19)17-24-18-39(36-35-24)25-13-26(33)29(27(34)14-25)31(41)42-3/h7,10-14,18-21,28H,4-6,8-9,15-17H2,1-3H3/t19-,20+,28?. The molecule has 3 atom stereocenters. The van der Waals surface area contributed by atoms with E-state index in [0.717, 1.165) is 42.1 Å². The highest BCUT2D eigenvalue weighted by Crippen LogP contribution is 2.38. The van der Waals surface area contributed by atoms with Crippen LogP contribution in [0.25, 0.3) is 5.69 Å². The van der Waals surface area contributed by atoms with E-state index >= 15 is 0 Å². The van der Waals surface area contributed by atoms with Crippen molar-refractivity contribution in [1.29, 1.82) is 0 Å². The highest BCUT2D eigenvalue weighted by molar-refractivity contribution is 9.10. The minimum absolute atomic E-state index is 0.0617. The molecular formula is C31H36BrF2N5O3. The maximum Gasteiger partial charge on any atom is 0.343 e. The van der Waals surface area contributed by atoms with Crippen molar-refractivity contribution < 1.29 is 23.1 Å². The number of esters is 1. The smallest absolute Gasteiger partial charge is 0.343 e. The molecule has 224 valence electrons. The van der Waals surface area contributed by atoms with Crippen molar-refractivity contribution in [3.8, 4) is 5.69 Å². The molecule has 1 aliphatic carbocycles. The van der Waals surface area contributed by atoms with Gasteiger partial charge in [-0.15, -0.1) is 5.10 Å². The van der Waals surface area contributed by atoms with Crippen molar-refractivity contribution in [3.63, 3.8) is 0 Å². The molecule has 0 spiro atoms. The third-order valence-electron chi connectivity index (χ3n) is 8.57. The van der Waals surface area contributed by atoms with Crippen LogP contribution in [0.3, 0.4) is 0 Å². The van der Waals surface area contributed by atoms with Crippen LogP contribution < -0.4 is 0 Å². The fraction of sp³-hybridized carbons (Fsp3) is 0.484. The van der Waals surface area contributed by atoms with Gasteiger partial charge in [0, 0.05) is 48.3 Å². The first-order valence-electron chi connectivity index (χ1n) is 14.4. The molecule has 2 fully saturated rings. The zero-order valence-electron chi connectivity index (χ0n) is 24.1. The van der Waals surface area contributed by atoms with Crippen LogP contribution in [0, 0.1) is 17.6 Å². The number of amides is 1. The quantitative estimate of drug-likeness (QED) is 0.299. The molecule has 0 radical (unpaired) electrons. The number of halogens is 3. The Labute approximate surface area is 253 Å². The van der Waals surface area contributed by atoms with Crippen molar-refractivity contribution in [1.82, 2.24) is 24.8 Å². The molecule has 1 saturated heterocycles. The Balaban J connectivity index is 1.29. The topological polar surface area (TPSA) is 80.6 Å². The van der Waals surface area contributed by atoms with Crippen molar-refractivity contribution in [3.05, 3.63) is 75.5 Å². The Morgan fingerprint density at radius 3 is 2.33 bits per heavy atom. The van der Waals surface area contributed by atoms with Crippen LogP contribution in [-0.4, -0.2) is 69.0 Å². The minimum atomic E-state index is -1.09. The summed E-state index contributed by atoms with van der Waals surface area (Å²) in [4.78, 5) is 30.1. The SMILES string of the molecule is COC(=O)c1c(F)cc(-n2cc(CN3[C@H](C)CN(C(=O)C(c4cccc(Br)c4)C4CCCCC4)C[C@@H]3C)nn2)cc1F. The molecule has 0 bridgehead atoms. The number of benzene rings is 2. The lowest BCUT2D eigenvalue weighted by Gasteiger charge is -2.45. The highest BCUT2D eigenvalue weighted by Gasteiger charge is 2.38. The van der Waals surface area contributed by atoms with Gasteiger partial charge < -0.3 is 9.64 Å². The Bertz CT molecular complexity index is 1410. The number of nitrogens with zero attached hydrogens (tertiary/aromatic N) is 5. The first-order chi connectivity index (χ1) is 20.2. The monoisotopic (exact) mass is 643 g/mol. The van der Waals surface area contributed by atoms with Gasteiger partial charge in [-0.05, 0) is 50.3 Å². The number of hydrogen-bond donors (Lipinski definition) is 0. The molecule has 1 aliphatic heterocycles. The van der Waals surface area contributed by atoms with Gasteiger partial charge in [0.2, 0.25) is 5.91 Å². The third kappa shape index (κ3) is 6.41. The van der Waals surface area contributed by atoms with E-state index in [1.165, 1.54) is 23.9 Å². The van der Waals surface area contributed by atoms with Crippen molar-refractivity contribution in [2.45, 2.75) is 70.5 Å². The largest absolute Gasteiger partial charge is 0.465 e. The van der Waals surface area contributed by atoms with E-state index in [9.17, 15) is 18.4 Å². The van der Waals surface area contributed by atoms with Crippen LogP contribution in [0.15, 0.2) is 47.1 Å². The lowest BCUT2D eigenvalue weighted by atomic mass is 9.76. The van der Waals surface area contributed by atoms with E-state index in [1.807, 2.05) is 17.0 Å². The number of carbonyl (C=O) groups excluding carboxylic acids is 2. The van der Waals surface area contributed by atoms with Gasteiger partial charge in [-0.2, -0.15) is 0 Å². The summed E-state index contributed by atoms with van der Waals surface area (Å²) >= 11 is 3.59. The van der Waals surface area contributed by atoms with Gasteiger partial charge in [0.1, 0.15) is 17.2 Å². The van der Waals surface area contributed by atoms with Crippen LogP contribution in [0.4, 0.5) is 8.78 Å². The molecule has 1 amide bonds. The second-order valence-corrected chi connectivity index (χ2v) is 12.4. The van der Waals surface area contributed by atoms with Gasteiger partial charge >= 0.3 is 5.97 Å². The molecule has 42 heavy (non-hydrogen) atoms. The molecule has 8 nitrogen and oxygen atoms in total. The predicted octanol–water partition coefficient (Wildman–Crippen LogP) is 5.88. The number of aromatic nitrogens is 3. The summed E-state index contributed by atoms with van der Waals surface area (Å²) in [6.45, 7) is 5.86. The Hall–Kier alpha value is -3.18. The van der Waals surface area contributed by atoms with Gasteiger partial charge in [0.05, 0.1) is 30.6 Å². The van der Waals surface area contributed by atoms with Crippen molar-refractivity contribution in [2.75, 3.05) is 20.2 Å². The zero-order chi connectivity index (χ0) is 30.0. The summed E-state index contributed by atoms with van der Waals surface area (Å²) in [6.07, 6.45) is 7.33. The first-order valence-corrected chi connectivity index (χ1v) is 15.2. The molecule has 11 heteroatoms. The van der Waals surface area contributed by atoms with Gasteiger partial charge in [0.15, 0.2) is 0 Å². The van der Waals surface area contributed by atoms with Gasteiger partial charge in [-0.1, -0.05) is 52.5 Å². The molecule has 1 saturated carbocycles. The van der Waals surface area contributed by atoms with Crippen LogP contribution in [0.1, 0.15) is 73.5 Å². The predicted molar refractivity (Wildman–Crippen MR) is 157 cm³/mol. The molecule has 5 rings (SSSR count). The van der Waals surface area contributed by atoms with E-state index in [-0.39, 0.29) is 29.6 Å². The van der Waals surface area contributed by atoms with Gasteiger partial charge in [-0.25, -0.2) is 18.3 Å². The van der Waals surface area contributed by atoms with Crippen LogP contribution in [-0.2, 0) is 16.1 Å². The Morgan fingerprint density at radius 2 is 1.71 bits per heavy atom. The van der Waals surface area contributed by atoms with E-state index in [1.54, 1.807) is 6.20 Å². The Morgan fingerprint density at radius 1 is 1.05 bits per heavy atom. The average molecular weight is 645 g/mol. The number of rotatable bonds is 7. The number of ether oxygens (including phenoxy) is 1. The van der Waals surface area contributed by atoms with Crippen molar-refractivity contribution >= 4 is 27.8 Å². The van der Waals surface area contributed by atoms with Crippen molar-refractivity contribution in [2.24, 2.45) is 5.92 Å². The normalized spacial score (nSPS) is 20.9. The minimum Gasteiger partial charge on any atom is -0.465 e. The van der Waals surface area contributed by atoms with Crippen LogP contribution in [0.5, 0.6) is 0 Å². The highest BCUT2D eigenvalue weighted by atomic mass is 79.9. The number of methoxy groups -OCH3 is 1. The Kier molecular flexibility index (Phi) is 9.37. The fourth-order valence-electron chi connectivity index (χ4n) is 6.50. The van der Waals surface area contributed by atoms with E-state index < -0.39 is 23.2 Å². The second-order valence-electron chi connectivity index (χ2n) is 11.5. The molecule has 2 heterocycles. The number of hydrogen-bond acceptors (Lipinski definition) is 6. The maximum absolute atomic E-state index is 14.5. The lowest BCUT2D eigenvalue weighted by Crippen LogP contribution is -2.58. The molecule has 1 unspecified atom stereocenters. The van der Waals surface area contributed by atoms with E-state index in [4.69, 9.17) is 0 Å². The second kappa shape index (κ2) is 13.0. The summed E-state index contributed by atoms with van der Waals surface area (Å²) < 4.78 is 35.7. The number of carbonyl (C=O) groups is 2. The molecular weight excluding hydrogens is 608 g/mol. The van der Waals surface area contributed by atoms with E-state index in [2.05, 4.69) is 61.9 Å². The van der Waals surface area contributed by atoms with E-state index in [0.29, 0.717) is 31.2 Å². The van der Waals surface area contributed by atoms with Crippen LogP contribution >= 0.6 is 15.9 Å². The third-order valence-corrected chi connectivity index (χ3v) is 9.07. The average Bonchev–Trinajstić information content (AvgIpc) is 3.44. The maximum atomic E-state index is 14.5. The molecule has 2 aromatic carbocycles. The molecule has 2 aliphatic rings. The molecule has 1 aromatic heterocycles.